The van der Waals surface area contributed by atoms with Gasteiger partial charge in [0.05, 0.1) is 0 Å². The van der Waals surface area contributed by atoms with E-state index in [1.54, 1.807) is 12.1 Å². The Morgan fingerprint density at radius 2 is 1.54 bits per heavy atom. The Hall–Kier alpha value is -1.19. The normalized spacial score (nSPS) is 8.69. The fraction of sp³-hybridized carbons (Fsp3) is 0.111. The van der Waals surface area contributed by atoms with Crippen molar-refractivity contribution in [3.8, 4) is 0 Å². The van der Waals surface area contributed by atoms with Crippen LogP contribution in [0.15, 0.2) is 18.2 Å². The predicted octanol–water partition coefficient (Wildman–Crippen LogP) is 1.19. The molecule has 4 heteroatoms. The van der Waals surface area contributed by atoms with Crippen molar-refractivity contribution in [3.63, 3.8) is 0 Å². The van der Waals surface area contributed by atoms with E-state index in [9.17, 15) is 9.59 Å². The van der Waals surface area contributed by atoms with Gasteiger partial charge in [0.1, 0.15) is 12.6 Å². The summed E-state index contributed by atoms with van der Waals surface area (Å²) in [5.74, 6) is 0. The Labute approximate surface area is 82.3 Å². The monoisotopic (exact) mass is 199 g/mol. The topological polar surface area (TPSA) is 60.2 Å². The molecule has 0 fully saturated rings. The lowest BCUT2D eigenvalue weighted by Crippen LogP contribution is -1.98. The summed E-state index contributed by atoms with van der Waals surface area (Å²) >= 11 is 0. The van der Waals surface area contributed by atoms with Crippen molar-refractivity contribution < 1.29 is 9.59 Å². The zero-order chi connectivity index (χ0) is 8.97. The van der Waals surface area contributed by atoms with E-state index in [0.717, 1.165) is 5.56 Å². The van der Waals surface area contributed by atoms with Crippen LogP contribution in [0.1, 0.15) is 26.3 Å². The standard InChI is InChI=1S/C9H9NO2.ClH/c10-4-7-1-8(5-11)3-9(2-7)6-12;/h1-3,5-6H,4,10H2;1H. The molecule has 0 spiro atoms. The number of hydrogen-bond acceptors (Lipinski definition) is 3. The number of halogens is 1. The number of carbonyl (C=O) groups excluding carboxylic acids is 2. The second-order valence-corrected chi connectivity index (χ2v) is 2.45. The van der Waals surface area contributed by atoms with E-state index in [1.807, 2.05) is 0 Å². The molecule has 0 radical (unpaired) electrons. The van der Waals surface area contributed by atoms with Gasteiger partial charge in [-0.1, -0.05) is 0 Å². The highest BCUT2D eigenvalue weighted by molar-refractivity contribution is 5.85. The molecule has 0 aliphatic heterocycles. The van der Waals surface area contributed by atoms with E-state index in [-0.39, 0.29) is 12.4 Å². The van der Waals surface area contributed by atoms with Gasteiger partial charge < -0.3 is 5.73 Å². The van der Waals surface area contributed by atoms with E-state index in [0.29, 0.717) is 30.2 Å². The smallest absolute Gasteiger partial charge is 0.150 e. The molecule has 0 aliphatic rings. The highest BCUT2D eigenvalue weighted by Crippen LogP contribution is 2.06. The molecule has 70 valence electrons. The Bertz CT molecular complexity index is 286. The van der Waals surface area contributed by atoms with Crippen molar-refractivity contribution in [2.75, 3.05) is 0 Å². The summed E-state index contributed by atoms with van der Waals surface area (Å²) in [5.41, 5.74) is 7.13. The molecule has 3 nitrogen and oxygen atoms in total. The molecule has 0 aliphatic carbocycles. The van der Waals surface area contributed by atoms with Gasteiger partial charge in [0, 0.05) is 17.7 Å². The summed E-state index contributed by atoms with van der Waals surface area (Å²) in [5, 5.41) is 0. The summed E-state index contributed by atoms with van der Waals surface area (Å²) in [4.78, 5) is 20.8. The third-order valence-corrected chi connectivity index (χ3v) is 1.55. The van der Waals surface area contributed by atoms with Gasteiger partial charge in [-0.05, 0) is 23.8 Å². The number of benzene rings is 1. The summed E-state index contributed by atoms with van der Waals surface area (Å²) in [6, 6.07) is 4.86. The minimum atomic E-state index is 0. The van der Waals surface area contributed by atoms with E-state index in [1.165, 1.54) is 6.07 Å². The van der Waals surface area contributed by atoms with Crippen molar-refractivity contribution in [1.29, 1.82) is 0 Å². The number of nitrogens with two attached hydrogens (primary N) is 1. The highest BCUT2D eigenvalue weighted by Gasteiger charge is 1.97. The van der Waals surface area contributed by atoms with Crippen LogP contribution in [0.2, 0.25) is 0 Å². The SMILES string of the molecule is Cl.NCc1cc(C=O)cc(C=O)c1. The van der Waals surface area contributed by atoms with Gasteiger partial charge in [-0.3, -0.25) is 9.59 Å². The van der Waals surface area contributed by atoms with E-state index in [2.05, 4.69) is 0 Å². The highest BCUT2D eigenvalue weighted by atomic mass is 35.5. The first-order chi connectivity index (χ1) is 5.80. The molecular formula is C9H10ClNO2. The molecule has 0 heterocycles. The van der Waals surface area contributed by atoms with Gasteiger partial charge in [0.15, 0.2) is 0 Å². The summed E-state index contributed by atoms with van der Waals surface area (Å²) < 4.78 is 0. The maximum atomic E-state index is 10.4. The first-order valence-electron chi connectivity index (χ1n) is 3.54. The van der Waals surface area contributed by atoms with Crippen molar-refractivity contribution >= 4 is 25.0 Å². The Balaban J connectivity index is 0.00000144. The van der Waals surface area contributed by atoms with Crippen molar-refractivity contribution in [2.24, 2.45) is 5.73 Å². The van der Waals surface area contributed by atoms with Gasteiger partial charge in [-0.25, -0.2) is 0 Å². The predicted molar refractivity (Wildman–Crippen MR) is 52.4 cm³/mol. The van der Waals surface area contributed by atoms with Gasteiger partial charge in [0.2, 0.25) is 0 Å². The molecule has 0 saturated carbocycles. The third-order valence-electron chi connectivity index (χ3n) is 1.55. The second kappa shape index (κ2) is 5.45. The Kier molecular flexibility index (Phi) is 4.96. The third kappa shape index (κ3) is 2.97. The maximum Gasteiger partial charge on any atom is 0.150 e. The van der Waals surface area contributed by atoms with Gasteiger partial charge in [0.25, 0.3) is 0 Å². The lowest BCUT2D eigenvalue weighted by Gasteiger charge is -1.98. The van der Waals surface area contributed by atoms with Gasteiger partial charge in [-0.15, -0.1) is 12.4 Å². The molecule has 1 aromatic rings. The fourth-order valence-corrected chi connectivity index (χ4v) is 1.000. The first-order valence-corrected chi connectivity index (χ1v) is 3.54. The Morgan fingerprint density at radius 1 is 1.08 bits per heavy atom. The quantitative estimate of drug-likeness (QED) is 0.744. The van der Waals surface area contributed by atoms with Gasteiger partial charge >= 0.3 is 0 Å². The molecule has 0 bridgehead atoms. The molecule has 0 amide bonds. The maximum absolute atomic E-state index is 10.4. The van der Waals surface area contributed by atoms with Crippen LogP contribution >= 0.6 is 12.4 Å². The van der Waals surface area contributed by atoms with Crippen LogP contribution in [-0.2, 0) is 6.54 Å². The van der Waals surface area contributed by atoms with Crippen molar-refractivity contribution in [1.82, 2.24) is 0 Å². The van der Waals surface area contributed by atoms with Crippen LogP contribution in [0.4, 0.5) is 0 Å². The molecule has 0 atom stereocenters. The molecule has 0 saturated heterocycles. The molecular weight excluding hydrogens is 190 g/mol. The number of aldehydes is 2. The molecule has 1 rings (SSSR count). The lowest BCUT2D eigenvalue weighted by molar-refractivity contribution is 0.112. The van der Waals surface area contributed by atoms with Crippen LogP contribution in [0.5, 0.6) is 0 Å². The van der Waals surface area contributed by atoms with E-state index >= 15 is 0 Å². The second-order valence-electron chi connectivity index (χ2n) is 2.45. The average Bonchev–Trinajstić information content (AvgIpc) is 2.16. The number of rotatable bonds is 3. The fourth-order valence-electron chi connectivity index (χ4n) is 1.000. The summed E-state index contributed by atoms with van der Waals surface area (Å²) in [6.07, 6.45) is 1.40. The van der Waals surface area contributed by atoms with Gasteiger partial charge in [-0.2, -0.15) is 0 Å². The molecule has 2 N–H and O–H groups in total. The van der Waals surface area contributed by atoms with E-state index < -0.39 is 0 Å². The summed E-state index contributed by atoms with van der Waals surface area (Å²) in [7, 11) is 0. The molecule has 0 unspecified atom stereocenters. The van der Waals surface area contributed by atoms with Crippen molar-refractivity contribution in [3.05, 3.63) is 34.9 Å². The zero-order valence-corrected chi connectivity index (χ0v) is 7.71. The first kappa shape index (κ1) is 11.8. The Morgan fingerprint density at radius 3 is 1.85 bits per heavy atom. The average molecular weight is 200 g/mol. The van der Waals surface area contributed by atoms with E-state index in [4.69, 9.17) is 5.73 Å². The number of hydrogen-bond donors (Lipinski definition) is 1. The zero-order valence-electron chi connectivity index (χ0n) is 6.90. The largest absolute Gasteiger partial charge is 0.326 e. The van der Waals surface area contributed by atoms with Crippen molar-refractivity contribution in [2.45, 2.75) is 6.54 Å². The minimum Gasteiger partial charge on any atom is -0.326 e. The minimum absolute atomic E-state index is 0. The molecule has 13 heavy (non-hydrogen) atoms. The van der Waals surface area contributed by atoms with Crippen LogP contribution in [-0.4, -0.2) is 12.6 Å². The van der Waals surface area contributed by atoms with Crippen LogP contribution in [0.25, 0.3) is 0 Å². The lowest BCUT2D eigenvalue weighted by atomic mass is 10.1. The van der Waals surface area contributed by atoms with Crippen LogP contribution in [0.3, 0.4) is 0 Å². The summed E-state index contributed by atoms with van der Waals surface area (Å²) in [6.45, 7) is 0.336. The van der Waals surface area contributed by atoms with Crippen LogP contribution < -0.4 is 5.73 Å². The van der Waals surface area contributed by atoms with Crippen LogP contribution in [0, 0.1) is 0 Å². The number of carbonyl (C=O) groups is 2. The molecule has 1 aromatic carbocycles. The molecule has 0 aromatic heterocycles.